The first-order chi connectivity index (χ1) is 9.51. The van der Waals surface area contributed by atoms with Crippen molar-refractivity contribution in [1.82, 2.24) is 4.98 Å². The predicted octanol–water partition coefficient (Wildman–Crippen LogP) is 3.36. The van der Waals surface area contributed by atoms with Crippen LogP contribution >= 0.6 is 0 Å². The maximum Gasteiger partial charge on any atom is 0.335 e. The maximum absolute atomic E-state index is 11.2. The van der Waals surface area contributed by atoms with E-state index in [1.807, 2.05) is 14.0 Å². The lowest BCUT2D eigenvalue weighted by atomic mass is 9.86. The molecule has 110 valence electrons. The van der Waals surface area contributed by atoms with Gasteiger partial charge in [0, 0.05) is 18.8 Å². The molecule has 2 atom stereocenters. The van der Waals surface area contributed by atoms with Crippen LogP contribution in [0.25, 0.3) is 0 Å². The fourth-order valence-corrected chi connectivity index (χ4v) is 3.00. The molecule has 2 unspecified atom stereocenters. The lowest BCUT2D eigenvalue weighted by Crippen LogP contribution is -2.36. The van der Waals surface area contributed by atoms with E-state index < -0.39 is 5.97 Å². The molecule has 1 fully saturated rings. The molecule has 1 aliphatic rings. The SMILES string of the molecule is CCc1cc(C(=O)O)cc(N(C)C2CCCC(C)C2)n1. The van der Waals surface area contributed by atoms with Crippen LogP contribution in [-0.2, 0) is 6.42 Å². The minimum atomic E-state index is -0.881. The van der Waals surface area contributed by atoms with Gasteiger partial charge in [-0.2, -0.15) is 0 Å². The number of aromatic nitrogens is 1. The number of rotatable bonds is 4. The van der Waals surface area contributed by atoms with Gasteiger partial charge in [-0.05, 0) is 37.3 Å². The third kappa shape index (κ3) is 3.30. The summed E-state index contributed by atoms with van der Waals surface area (Å²) < 4.78 is 0. The second-order valence-corrected chi connectivity index (χ2v) is 5.90. The lowest BCUT2D eigenvalue weighted by molar-refractivity contribution is 0.0696. The van der Waals surface area contributed by atoms with Crippen LogP contribution in [0.2, 0.25) is 0 Å². The van der Waals surface area contributed by atoms with E-state index in [0.717, 1.165) is 30.3 Å². The number of hydrogen-bond donors (Lipinski definition) is 1. The van der Waals surface area contributed by atoms with E-state index in [1.165, 1.54) is 19.3 Å². The van der Waals surface area contributed by atoms with Crippen molar-refractivity contribution in [2.75, 3.05) is 11.9 Å². The summed E-state index contributed by atoms with van der Waals surface area (Å²) in [5.41, 5.74) is 1.18. The first-order valence-corrected chi connectivity index (χ1v) is 7.48. The molecule has 1 saturated carbocycles. The second kappa shape index (κ2) is 6.25. The van der Waals surface area contributed by atoms with Gasteiger partial charge in [-0.15, -0.1) is 0 Å². The average Bonchev–Trinajstić information content (AvgIpc) is 2.45. The first-order valence-electron chi connectivity index (χ1n) is 7.48. The summed E-state index contributed by atoms with van der Waals surface area (Å²) in [6.07, 6.45) is 5.63. The Bertz CT molecular complexity index is 487. The Morgan fingerprint density at radius 2 is 2.20 bits per heavy atom. The number of carbonyl (C=O) groups is 1. The largest absolute Gasteiger partial charge is 0.478 e. The Morgan fingerprint density at radius 3 is 2.80 bits per heavy atom. The molecule has 0 spiro atoms. The van der Waals surface area contributed by atoms with Crippen LogP contribution < -0.4 is 4.90 Å². The predicted molar refractivity (Wildman–Crippen MR) is 80.4 cm³/mol. The van der Waals surface area contributed by atoms with Gasteiger partial charge < -0.3 is 10.0 Å². The summed E-state index contributed by atoms with van der Waals surface area (Å²) in [7, 11) is 2.04. The number of hydrogen-bond acceptors (Lipinski definition) is 3. The number of aryl methyl sites for hydroxylation is 1. The second-order valence-electron chi connectivity index (χ2n) is 5.90. The highest BCUT2D eigenvalue weighted by Crippen LogP contribution is 2.29. The topological polar surface area (TPSA) is 53.4 Å². The molecule has 0 aromatic carbocycles. The van der Waals surface area contributed by atoms with Crippen LogP contribution in [0.3, 0.4) is 0 Å². The third-order valence-corrected chi connectivity index (χ3v) is 4.29. The van der Waals surface area contributed by atoms with Crippen molar-refractivity contribution in [3.63, 3.8) is 0 Å². The van der Waals surface area contributed by atoms with Gasteiger partial charge in [0.2, 0.25) is 0 Å². The molecule has 1 aliphatic carbocycles. The smallest absolute Gasteiger partial charge is 0.335 e. The Morgan fingerprint density at radius 1 is 1.45 bits per heavy atom. The molecular weight excluding hydrogens is 252 g/mol. The van der Waals surface area contributed by atoms with Crippen LogP contribution in [0, 0.1) is 5.92 Å². The van der Waals surface area contributed by atoms with Crippen molar-refractivity contribution in [3.05, 3.63) is 23.4 Å². The zero-order valence-electron chi connectivity index (χ0n) is 12.6. The molecule has 4 nitrogen and oxygen atoms in total. The van der Waals surface area contributed by atoms with E-state index in [4.69, 9.17) is 0 Å². The van der Waals surface area contributed by atoms with Crippen LogP contribution in [-0.4, -0.2) is 29.1 Å². The van der Waals surface area contributed by atoms with E-state index in [9.17, 15) is 9.90 Å². The number of pyridine rings is 1. The van der Waals surface area contributed by atoms with Gasteiger partial charge >= 0.3 is 5.97 Å². The monoisotopic (exact) mass is 276 g/mol. The van der Waals surface area contributed by atoms with Gasteiger partial charge in [0.25, 0.3) is 0 Å². The average molecular weight is 276 g/mol. The maximum atomic E-state index is 11.2. The third-order valence-electron chi connectivity index (χ3n) is 4.29. The molecular formula is C16H24N2O2. The first kappa shape index (κ1) is 14.8. The van der Waals surface area contributed by atoms with Crippen LogP contribution in [0.5, 0.6) is 0 Å². The Balaban J connectivity index is 2.26. The number of carboxylic acid groups (broad SMARTS) is 1. The van der Waals surface area contributed by atoms with E-state index in [-0.39, 0.29) is 0 Å². The number of carboxylic acids is 1. The molecule has 0 bridgehead atoms. The summed E-state index contributed by atoms with van der Waals surface area (Å²) >= 11 is 0. The van der Waals surface area contributed by atoms with Gasteiger partial charge in [-0.25, -0.2) is 9.78 Å². The molecule has 1 aromatic heterocycles. The molecule has 1 N–H and O–H groups in total. The van der Waals surface area contributed by atoms with Crippen LogP contribution in [0.1, 0.15) is 55.6 Å². The number of nitrogens with zero attached hydrogens (tertiary/aromatic N) is 2. The van der Waals surface area contributed by atoms with Gasteiger partial charge in [0.1, 0.15) is 5.82 Å². The quantitative estimate of drug-likeness (QED) is 0.916. The molecule has 1 heterocycles. The highest BCUT2D eigenvalue weighted by Gasteiger charge is 2.24. The van der Waals surface area contributed by atoms with Gasteiger partial charge in [-0.3, -0.25) is 0 Å². The molecule has 1 aromatic rings. The van der Waals surface area contributed by atoms with Crippen molar-refractivity contribution in [2.24, 2.45) is 5.92 Å². The number of anilines is 1. The molecule has 20 heavy (non-hydrogen) atoms. The van der Waals surface area contributed by atoms with E-state index in [2.05, 4.69) is 16.8 Å². The molecule has 0 saturated heterocycles. The van der Waals surface area contributed by atoms with E-state index >= 15 is 0 Å². The molecule has 0 amide bonds. The van der Waals surface area contributed by atoms with E-state index in [0.29, 0.717) is 11.6 Å². The Labute approximate surface area is 120 Å². The zero-order valence-corrected chi connectivity index (χ0v) is 12.6. The molecule has 4 heteroatoms. The van der Waals surface area contributed by atoms with E-state index in [1.54, 1.807) is 12.1 Å². The highest BCUT2D eigenvalue weighted by atomic mass is 16.4. The van der Waals surface area contributed by atoms with Crippen LogP contribution in [0.4, 0.5) is 5.82 Å². The normalized spacial score (nSPS) is 22.6. The van der Waals surface area contributed by atoms with Crippen molar-refractivity contribution < 1.29 is 9.90 Å². The Hall–Kier alpha value is -1.58. The van der Waals surface area contributed by atoms with Crippen molar-refractivity contribution in [1.29, 1.82) is 0 Å². The van der Waals surface area contributed by atoms with Gasteiger partial charge in [0.05, 0.1) is 5.56 Å². The fraction of sp³-hybridized carbons (Fsp3) is 0.625. The van der Waals surface area contributed by atoms with Gasteiger partial charge in [-0.1, -0.05) is 26.7 Å². The Kier molecular flexibility index (Phi) is 4.63. The lowest BCUT2D eigenvalue weighted by Gasteiger charge is -2.35. The molecule has 0 aliphatic heterocycles. The minimum Gasteiger partial charge on any atom is -0.478 e. The highest BCUT2D eigenvalue weighted by molar-refractivity contribution is 5.88. The van der Waals surface area contributed by atoms with Crippen LogP contribution in [0.15, 0.2) is 12.1 Å². The summed E-state index contributed by atoms with van der Waals surface area (Å²) in [5.74, 6) is 0.652. The van der Waals surface area contributed by atoms with Crippen molar-refractivity contribution in [3.8, 4) is 0 Å². The molecule has 0 radical (unpaired) electrons. The van der Waals surface area contributed by atoms with Gasteiger partial charge in [0.15, 0.2) is 0 Å². The summed E-state index contributed by atoms with van der Waals surface area (Å²) in [5, 5.41) is 9.22. The molecule has 2 rings (SSSR count). The fourth-order valence-electron chi connectivity index (χ4n) is 3.00. The summed E-state index contributed by atoms with van der Waals surface area (Å²) in [4.78, 5) is 18.0. The summed E-state index contributed by atoms with van der Waals surface area (Å²) in [6.45, 7) is 4.29. The van der Waals surface area contributed by atoms with Crippen molar-refractivity contribution in [2.45, 2.75) is 52.0 Å². The zero-order chi connectivity index (χ0) is 14.7. The van der Waals surface area contributed by atoms with Crippen molar-refractivity contribution >= 4 is 11.8 Å². The number of aromatic carboxylic acids is 1. The minimum absolute atomic E-state index is 0.336. The summed E-state index contributed by atoms with van der Waals surface area (Å²) in [6, 6.07) is 3.84. The standard InChI is InChI=1S/C16H24N2O2/c1-4-13-9-12(16(19)20)10-15(17-13)18(3)14-7-5-6-11(2)8-14/h9-11,14H,4-8H2,1-3H3,(H,19,20).